The van der Waals surface area contributed by atoms with Crippen LogP contribution in [0.25, 0.3) is 0 Å². The van der Waals surface area contributed by atoms with Crippen molar-refractivity contribution in [3.05, 3.63) is 29.8 Å². The molecule has 0 saturated carbocycles. The molecule has 0 spiro atoms. The third-order valence-corrected chi connectivity index (χ3v) is 2.48. The maximum absolute atomic E-state index is 3.32. The lowest BCUT2D eigenvalue weighted by Crippen LogP contribution is -2.09. The van der Waals surface area contributed by atoms with Crippen molar-refractivity contribution in [3.8, 4) is 0 Å². The molecule has 0 N–H and O–H groups in total. The van der Waals surface area contributed by atoms with Crippen molar-refractivity contribution < 1.29 is 4.58 Å². The molecule has 0 atom stereocenters. The average Bonchev–Trinajstić information content (AvgIpc) is 2.26. The first-order valence-electron chi connectivity index (χ1n) is 5.34. The van der Waals surface area contributed by atoms with Gasteiger partial charge in [0.05, 0.1) is 0 Å². The third kappa shape index (κ3) is 3.74. The van der Waals surface area contributed by atoms with Crippen LogP contribution >= 0.6 is 0 Å². The molecule has 0 heterocycles. The van der Waals surface area contributed by atoms with Gasteiger partial charge in [-0.15, -0.1) is 6.42 Å². The predicted octanol–water partition coefficient (Wildman–Crippen LogP) is 1.91. The summed E-state index contributed by atoms with van der Waals surface area (Å²) in [7, 11) is 6.16. The highest BCUT2D eigenvalue weighted by Crippen LogP contribution is 2.11. The molecule has 0 aliphatic carbocycles. The molecule has 0 radical (unpaired) electrons. The Morgan fingerprint density at radius 2 is 1.80 bits per heavy atom. The van der Waals surface area contributed by atoms with Gasteiger partial charge in [0.1, 0.15) is 13.6 Å². The van der Waals surface area contributed by atoms with Gasteiger partial charge in [-0.25, -0.2) is 0 Å². The van der Waals surface area contributed by atoms with E-state index in [1.54, 1.807) is 0 Å². The summed E-state index contributed by atoms with van der Waals surface area (Å²) in [5.41, 5.74) is 2.54. The van der Waals surface area contributed by atoms with E-state index in [0.717, 1.165) is 13.0 Å². The first-order chi connectivity index (χ1) is 7.13. The number of rotatable bonds is 4. The Labute approximate surface area is 92.9 Å². The summed E-state index contributed by atoms with van der Waals surface area (Å²) < 4.78 is 2.08. The summed E-state index contributed by atoms with van der Waals surface area (Å²) >= 11 is 0. The molecular weight excluding hydrogens is 184 g/mol. The predicted molar refractivity (Wildman–Crippen MR) is 66.2 cm³/mol. The molecular formula is C13H20N2. The van der Waals surface area contributed by atoms with Crippen molar-refractivity contribution in [1.29, 1.82) is 0 Å². The largest absolute Gasteiger partial charge is 0.415 e. The summed E-state index contributed by atoms with van der Waals surface area (Å²) in [6.45, 7) is 3.14. The number of hydrogen-bond donors (Lipinski definition) is 0. The molecule has 1 rings (SSSR count). The van der Waals surface area contributed by atoms with Gasteiger partial charge in [0.2, 0.25) is 0 Å². The van der Waals surface area contributed by atoms with Crippen LogP contribution in [0.4, 0.5) is 5.69 Å². The van der Waals surface area contributed by atoms with E-state index in [-0.39, 0.29) is 0 Å². The van der Waals surface area contributed by atoms with Gasteiger partial charge in [-0.1, -0.05) is 17.7 Å². The van der Waals surface area contributed by atoms with Gasteiger partial charge in [0.15, 0.2) is 0 Å². The minimum Gasteiger partial charge on any atom is -0.415 e. The average molecular weight is 204 g/mol. The molecule has 2 heteroatoms. The highest BCUT2D eigenvalue weighted by atomic mass is 15.1. The van der Waals surface area contributed by atoms with E-state index in [0.29, 0.717) is 0 Å². The van der Waals surface area contributed by atoms with E-state index in [4.69, 9.17) is 0 Å². The Morgan fingerprint density at radius 3 is 2.27 bits per heavy atom. The highest BCUT2D eigenvalue weighted by molar-refractivity contribution is 5.57. The number of nitrogens with zero attached hydrogens (tertiary/aromatic N) is 2. The Morgan fingerprint density at radius 1 is 1.20 bits per heavy atom. The van der Waals surface area contributed by atoms with E-state index in [1.807, 2.05) is 7.05 Å². The number of anilines is 1. The van der Waals surface area contributed by atoms with Crippen LogP contribution in [0.2, 0.25) is 0 Å². The third-order valence-electron chi connectivity index (χ3n) is 2.48. The van der Waals surface area contributed by atoms with E-state index < -0.39 is 0 Å². The Kier molecular flexibility index (Phi) is 4.35. The smallest absolute Gasteiger partial charge is 0.108 e. The van der Waals surface area contributed by atoms with E-state index in [2.05, 4.69) is 61.0 Å². The van der Waals surface area contributed by atoms with Gasteiger partial charge in [0.25, 0.3) is 0 Å². The Hall–Kier alpha value is -1.31. The van der Waals surface area contributed by atoms with Crippen LogP contribution in [-0.4, -0.2) is 38.5 Å². The lowest BCUT2D eigenvalue weighted by molar-refractivity contribution is -0.489. The molecule has 82 valence electrons. The van der Waals surface area contributed by atoms with Crippen molar-refractivity contribution >= 4 is 11.9 Å². The van der Waals surface area contributed by atoms with Crippen LogP contribution < -0.4 is 4.90 Å². The van der Waals surface area contributed by atoms with Crippen molar-refractivity contribution in [2.45, 2.75) is 13.3 Å². The Balaban J connectivity index is 2.65. The molecule has 1 aromatic carbocycles. The summed E-state index contributed by atoms with van der Waals surface area (Å²) in [4.78, 5) is 2.11. The van der Waals surface area contributed by atoms with Gasteiger partial charge in [-0.3, -0.25) is 0 Å². The zero-order valence-corrected chi connectivity index (χ0v) is 10.1. The van der Waals surface area contributed by atoms with Crippen LogP contribution in [0, 0.1) is 0 Å². The van der Waals surface area contributed by atoms with Crippen LogP contribution in [0.15, 0.2) is 24.3 Å². The standard InChI is InChI=1S/C13H20N2/c1-5-15(4)11-10-12-6-8-13(9-7-12)14(2)3/h6-9H,5,10H2,1-4H3. The second kappa shape index (κ2) is 5.54. The maximum atomic E-state index is 3.32. The second-order valence-corrected chi connectivity index (χ2v) is 3.91. The molecule has 0 bridgehead atoms. The lowest BCUT2D eigenvalue weighted by Gasteiger charge is -2.13. The van der Waals surface area contributed by atoms with Gasteiger partial charge < -0.3 is 9.48 Å². The highest BCUT2D eigenvalue weighted by Gasteiger charge is 1.92. The molecule has 1 aromatic rings. The van der Waals surface area contributed by atoms with Crippen molar-refractivity contribution in [3.63, 3.8) is 0 Å². The SMILES string of the molecule is CC[N+](C)=[C-]Cc1ccc(N(C)C)cc1. The number of hydrogen-bond acceptors (Lipinski definition) is 1. The molecule has 2 nitrogen and oxygen atoms in total. The fourth-order valence-corrected chi connectivity index (χ4v) is 1.25. The minimum atomic E-state index is 0.887. The maximum Gasteiger partial charge on any atom is 0.108 e. The topological polar surface area (TPSA) is 6.25 Å². The second-order valence-electron chi connectivity index (χ2n) is 3.91. The summed E-state index contributed by atoms with van der Waals surface area (Å²) in [5, 5.41) is 0. The summed E-state index contributed by atoms with van der Waals surface area (Å²) in [5.74, 6) is 0. The van der Waals surface area contributed by atoms with Crippen LogP contribution in [-0.2, 0) is 6.42 Å². The lowest BCUT2D eigenvalue weighted by atomic mass is 10.1. The van der Waals surface area contributed by atoms with Crippen molar-refractivity contribution in [1.82, 2.24) is 0 Å². The van der Waals surface area contributed by atoms with Crippen LogP contribution in [0.5, 0.6) is 0 Å². The van der Waals surface area contributed by atoms with Gasteiger partial charge in [-0.05, 0) is 19.1 Å². The first-order valence-corrected chi connectivity index (χ1v) is 5.34. The van der Waals surface area contributed by atoms with Crippen molar-refractivity contribution in [2.24, 2.45) is 0 Å². The summed E-state index contributed by atoms with van der Waals surface area (Å²) in [6.07, 6.45) is 4.20. The van der Waals surface area contributed by atoms with E-state index in [1.165, 1.54) is 11.3 Å². The molecule has 0 aliphatic heterocycles. The summed E-state index contributed by atoms with van der Waals surface area (Å²) in [6, 6.07) is 8.60. The zero-order valence-electron chi connectivity index (χ0n) is 10.1. The molecule has 0 saturated heterocycles. The quantitative estimate of drug-likeness (QED) is 0.412. The van der Waals surface area contributed by atoms with Gasteiger partial charge in [-0.2, -0.15) is 6.21 Å². The molecule has 0 unspecified atom stereocenters. The fourth-order valence-electron chi connectivity index (χ4n) is 1.25. The van der Waals surface area contributed by atoms with Crippen molar-refractivity contribution in [2.75, 3.05) is 32.6 Å². The fraction of sp³-hybridized carbons (Fsp3) is 0.462. The van der Waals surface area contributed by atoms with E-state index >= 15 is 0 Å². The Bertz CT molecular complexity index is 323. The van der Waals surface area contributed by atoms with E-state index in [9.17, 15) is 0 Å². The molecule has 0 fully saturated rings. The van der Waals surface area contributed by atoms with Gasteiger partial charge in [0, 0.05) is 19.8 Å². The molecule has 0 amide bonds. The first kappa shape index (κ1) is 11.8. The molecule has 15 heavy (non-hydrogen) atoms. The normalized spacial score (nSPS) is 11.6. The zero-order chi connectivity index (χ0) is 11.3. The number of benzene rings is 1. The molecule has 0 aliphatic rings. The van der Waals surface area contributed by atoms with Crippen LogP contribution in [0.1, 0.15) is 12.5 Å². The molecule has 0 aromatic heterocycles. The van der Waals surface area contributed by atoms with Crippen LogP contribution in [0.3, 0.4) is 0 Å². The minimum absolute atomic E-state index is 0.887. The monoisotopic (exact) mass is 204 g/mol. The van der Waals surface area contributed by atoms with Gasteiger partial charge >= 0.3 is 0 Å².